The zero-order valence-corrected chi connectivity index (χ0v) is 15.2. The standard InChI is InChI=1S/C19H21BrN2O2/c1-12(24-18-8-3-2-6-16(18)20)19(23)22-17-7-4-5-13-11-14(21)9-10-15(13)17/h2-3,6,8-12,17H,4-5,7,21H2,1H3,(H,22,23). The predicted molar refractivity (Wildman–Crippen MR) is 98.9 cm³/mol. The van der Waals surface area contributed by atoms with Crippen LogP contribution < -0.4 is 15.8 Å². The number of hydrogen-bond acceptors (Lipinski definition) is 3. The number of benzene rings is 2. The first kappa shape index (κ1) is 16.8. The topological polar surface area (TPSA) is 64.3 Å². The van der Waals surface area contributed by atoms with Crippen molar-refractivity contribution in [2.75, 3.05) is 5.73 Å². The van der Waals surface area contributed by atoms with Gasteiger partial charge in [-0.25, -0.2) is 0 Å². The number of amides is 1. The molecule has 3 rings (SSSR count). The summed E-state index contributed by atoms with van der Waals surface area (Å²) < 4.78 is 6.61. The Bertz CT molecular complexity index is 748. The number of nitrogens with one attached hydrogen (secondary N) is 1. The van der Waals surface area contributed by atoms with Crippen LogP contribution in [0.4, 0.5) is 5.69 Å². The van der Waals surface area contributed by atoms with Crippen molar-refractivity contribution in [1.82, 2.24) is 5.32 Å². The second-order valence-corrected chi connectivity index (χ2v) is 6.96. The van der Waals surface area contributed by atoms with Gasteiger partial charge in [-0.2, -0.15) is 0 Å². The first-order valence-electron chi connectivity index (χ1n) is 8.14. The highest BCUT2D eigenvalue weighted by Gasteiger charge is 2.25. The van der Waals surface area contributed by atoms with Gasteiger partial charge in [-0.15, -0.1) is 0 Å². The van der Waals surface area contributed by atoms with E-state index in [1.807, 2.05) is 42.5 Å². The van der Waals surface area contributed by atoms with E-state index in [1.165, 1.54) is 5.56 Å². The van der Waals surface area contributed by atoms with Gasteiger partial charge in [0.05, 0.1) is 10.5 Å². The van der Waals surface area contributed by atoms with E-state index in [4.69, 9.17) is 10.5 Å². The van der Waals surface area contributed by atoms with Crippen molar-refractivity contribution in [1.29, 1.82) is 0 Å². The summed E-state index contributed by atoms with van der Waals surface area (Å²) in [6.45, 7) is 1.77. The maximum Gasteiger partial charge on any atom is 0.261 e. The lowest BCUT2D eigenvalue weighted by atomic mass is 9.87. The first-order valence-corrected chi connectivity index (χ1v) is 8.94. The van der Waals surface area contributed by atoms with Crippen molar-refractivity contribution in [2.45, 2.75) is 38.3 Å². The molecule has 5 heteroatoms. The van der Waals surface area contributed by atoms with E-state index < -0.39 is 6.10 Å². The summed E-state index contributed by atoms with van der Waals surface area (Å²) in [7, 11) is 0. The largest absolute Gasteiger partial charge is 0.480 e. The van der Waals surface area contributed by atoms with Crippen LogP contribution in [0, 0.1) is 0 Å². The van der Waals surface area contributed by atoms with Crippen molar-refractivity contribution < 1.29 is 9.53 Å². The van der Waals surface area contributed by atoms with Gasteiger partial charge < -0.3 is 15.8 Å². The number of ether oxygens (including phenoxy) is 1. The van der Waals surface area contributed by atoms with Gasteiger partial charge >= 0.3 is 0 Å². The lowest BCUT2D eigenvalue weighted by Gasteiger charge is -2.28. The second-order valence-electron chi connectivity index (χ2n) is 6.10. The molecule has 0 aromatic heterocycles. The Labute approximate surface area is 150 Å². The molecule has 4 nitrogen and oxygen atoms in total. The van der Waals surface area contributed by atoms with Crippen molar-refractivity contribution in [3.8, 4) is 5.75 Å². The summed E-state index contributed by atoms with van der Waals surface area (Å²) in [5.74, 6) is 0.553. The summed E-state index contributed by atoms with van der Waals surface area (Å²) in [6, 6.07) is 13.5. The Morgan fingerprint density at radius 1 is 1.33 bits per heavy atom. The van der Waals surface area contributed by atoms with E-state index >= 15 is 0 Å². The predicted octanol–water partition coefficient (Wildman–Crippen LogP) is 3.99. The number of carbonyl (C=O) groups is 1. The van der Waals surface area contributed by atoms with E-state index in [9.17, 15) is 4.79 Å². The molecule has 0 radical (unpaired) electrons. The van der Waals surface area contributed by atoms with Crippen LogP contribution in [0.1, 0.15) is 36.9 Å². The fourth-order valence-electron chi connectivity index (χ4n) is 3.06. The Balaban J connectivity index is 1.68. The highest BCUT2D eigenvalue weighted by atomic mass is 79.9. The third-order valence-corrected chi connectivity index (χ3v) is 4.96. The molecule has 1 aliphatic rings. The van der Waals surface area contributed by atoms with Crippen LogP contribution in [0.2, 0.25) is 0 Å². The number of nitrogen functional groups attached to an aromatic ring is 1. The van der Waals surface area contributed by atoms with Gasteiger partial charge in [0.25, 0.3) is 5.91 Å². The number of anilines is 1. The van der Waals surface area contributed by atoms with Gasteiger partial charge in [-0.05, 0) is 77.5 Å². The number of para-hydroxylation sites is 1. The third kappa shape index (κ3) is 3.73. The fourth-order valence-corrected chi connectivity index (χ4v) is 3.44. The molecule has 0 spiro atoms. The van der Waals surface area contributed by atoms with E-state index in [-0.39, 0.29) is 11.9 Å². The lowest BCUT2D eigenvalue weighted by Crippen LogP contribution is -2.39. The number of hydrogen-bond donors (Lipinski definition) is 2. The number of halogens is 1. The molecule has 0 bridgehead atoms. The molecule has 0 fully saturated rings. The molecule has 0 saturated heterocycles. The number of fused-ring (bicyclic) bond motifs is 1. The molecule has 1 amide bonds. The van der Waals surface area contributed by atoms with Gasteiger partial charge in [0, 0.05) is 5.69 Å². The zero-order chi connectivity index (χ0) is 17.1. The van der Waals surface area contributed by atoms with Gasteiger partial charge in [-0.3, -0.25) is 4.79 Å². The summed E-state index contributed by atoms with van der Waals surface area (Å²) in [4.78, 5) is 12.5. The molecule has 3 N–H and O–H groups in total. The molecule has 24 heavy (non-hydrogen) atoms. The molecule has 126 valence electrons. The van der Waals surface area contributed by atoms with Gasteiger partial charge in [0.15, 0.2) is 6.10 Å². The Kier molecular flexibility index (Phi) is 5.09. The van der Waals surface area contributed by atoms with Gasteiger partial charge in [-0.1, -0.05) is 18.2 Å². The van der Waals surface area contributed by atoms with Gasteiger partial charge in [0.2, 0.25) is 0 Å². The van der Waals surface area contributed by atoms with E-state index in [0.29, 0.717) is 5.75 Å². The Morgan fingerprint density at radius 2 is 2.12 bits per heavy atom. The second kappa shape index (κ2) is 7.26. The third-order valence-electron chi connectivity index (χ3n) is 4.31. The van der Waals surface area contributed by atoms with E-state index in [0.717, 1.165) is 35.0 Å². The Hall–Kier alpha value is -2.01. The average molecular weight is 389 g/mol. The van der Waals surface area contributed by atoms with Crippen molar-refractivity contribution in [2.24, 2.45) is 0 Å². The van der Waals surface area contributed by atoms with E-state index in [1.54, 1.807) is 6.92 Å². The average Bonchev–Trinajstić information content (AvgIpc) is 2.56. The fraction of sp³-hybridized carbons (Fsp3) is 0.316. The van der Waals surface area contributed by atoms with Crippen LogP contribution in [-0.4, -0.2) is 12.0 Å². The molecular weight excluding hydrogens is 368 g/mol. The van der Waals surface area contributed by atoms with Crippen LogP contribution in [0.3, 0.4) is 0 Å². The molecule has 2 unspecified atom stereocenters. The summed E-state index contributed by atoms with van der Waals surface area (Å²) >= 11 is 3.43. The van der Waals surface area contributed by atoms with Crippen molar-refractivity contribution in [3.05, 3.63) is 58.1 Å². The Morgan fingerprint density at radius 3 is 2.92 bits per heavy atom. The monoisotopic (exact) mass is 388 g/mol. The van der Waals surface area contributed by atoms with Crippen molar-refractivity contribution >= 4 is 27.5 Å². The molecule has 0 heterocycles. The minimum Gasteiger partial charge on any atom is -0.480 e. The quantitative estimate of drug-likeness (QED) is 0.778. The lowest BCUT2D eigenvalue weighted by molar-refractivity contribution is -0.128. The molecule has 2 aromatic carbocycles. The summed E-state index contributed by atoms with van der Waals surface area (Å²) in [6.07, 6.45) is 2.42. The maximum absolute atomic E-state index is 12.5. The first-order chi connectivity index (χ1) is 11.5. The van der Waals surface area contributed by atoms with Crippen LogP contribution in [-0.2, 0) is 11.2 Å². The summed E-state index contributed by atoms with van der Waals surface area (Å²) in [5, 5.41) is 3.11. The maximum atomic E-state index is 12.5. The SMILES string of the molecule is CC(Oc1ccccc1Br)C(=O)NC1CCCc2cc(N)ccc21. The van der Waals surface area contributed by atoms with Gasteiger partial charge in [0.1, 0.15) is 5.75 Å². The highest BCUT2D eigenvalue weighted by molar-refractivity contribution is 9.10. The molecular formula is C19H21BrN2O2. The number of nitrogens with two attached hydrogens (primary N) is 1. The van der Waals surface area contributed by atoms with Crippen LogP contribution in [0.25, 0.3) is 0 Å². The number of rotatable bonds is 4. The number of aryl methyl sites for hydroxylation is 1. The smallest absolute Gasteiger partial charge is 0.261 e. The minimum atomic E-state index is -0.567. The highest BCUT2D eigenvalue weighted by Crippen LogP contribution is 2.31. The molecule has 2 atom stereocenters. The normalized spacial score (nSPS) is 17.7. The van der Waals surface area contributed by atoms with Crippen LogP contribution in [0.5, 0.6) is 5.75 Å². The zero-order valence-electron chi connectivity index (χ0n) is 13.6. The van der Waals surface area contributed by atoms with Crippen molar-refractivity contribution in [3.63, 3.8) is 0 Å². The van der Waals surface area contributed by atoms with E-state index in [2.05, 4.69) is 21.2 Å². The molecule has 0 saturated carbocycles. The van der Waals surface area contributed by atoms with Crippen LogP contribution in [0.15, 0.2) is 46.9 Å². The number of carbonyl (C=O) groups excluding carboxylic acids is 1. The summed E-state index contributed by atoms with van der Waals surface area (Å²) in [5.41, 5.74) is 9.03. The molecule has 0 aliphatic heterocycles. The molecule has 1 aliphatic carbocycles. The molecule has 2 aromatic rings. The minimum absolute atomic E-state index is 0.0205. The van der Waals surface area contributed by atoms with Crippen LogP contribution >= 0.6 is 15.9 Å².